The number of hydrogen-bond donors (Lipinski definition) is 1. The first-order valence-corrected chi connectivity index (χ1v) is 9.55. The topological polar surface area (TPSA) is 85.6 Å². The molecule has 0 saturated carbocycles. The maximum atomic E-state index is 14.0. The molecule has 142 valence electrons. The lowest BCUT2D eigenvalue weighted by Crippen LogP contribution is -2.16. The van der Waals surface area contributed by atoms with E-state index in [0.717, 1.165) is 0 Å². The van der Waals surface area contributed by atoms with Gasteiger partial charge in [0.15, 0.2) is 0 Å². The number of amides is 1. The lowest BCUT2D eigenvalue weighted by Gasteiger charge is -2.06. The largest absolute Gasteiger partial charge is 0.305 e. The minimum Gasteiger partial charge on any atom is -0.305 e. The highest BCUT2D eigenvalue weighted by Gasteiger charge is 2.17. The zero-order chi connectivity index (χ0) is 20.0. The lowest BCUT2D eigenvalue weighted by molar-refractivity contribution is 0.102. The maximum absolute atomic E-state index is 14.0. The van der Waals surface area contributed by atoms with E-state index in [4.69, 9.17) is 0 Å². The van der Waals surface area contributed by atoms with E-state index in [1.165, 1.54) is 28.3 Å². The molecule has 0 spiro atoms. The van der Waals surface area contributed by atoms with E-state index in [-0.39, 0.29) is 11.2 Å². The number of aromatic nitrogens is 5. The summed E-state index contributed by atoms with van der Waals surface area (Å²) in [5.41, 5.74) is 2.49. The second kappa shape index (κ2) is 6.71. The number of thiazole rings is 1. The summed E-state index contributed by atoms with van der Waals surface area (Å²) in [5.74, 6) is -0.399. The number of nitrogens with zero attached hydrogens (tertiary/aromatic N) is 5. The van der Waals surface area contributed by atoms with Gasteiger partial charge in [-0.25, -0.2) is 14.4 Å². The molecule has 3 aromatic heterocycles. The van der Waals surface area contributed by atoms with E-state index in [1.54, 1.807) is 31.2 Å². The van der Waals surface area contributed by atoms with Crippen LogP contribution in [0.15, 0.2) is 54.7 Å². The number of fused-ring (bicyclic) bond motifs is 2. The molecule has 2 aromatic carbocycles. The fraction of sp³-hybridized carbons (Fsp3) is 0.0500. The van der Waals surface area contributed by atoms with Crippen LogP contribution in [-0.4, -0.2) is 30.6 Å². The van der Waals surface area contributed by atoms with Gasteiger partial charge in [-0.15, -0.1) is 0 Å². The van der Waals surface area contributed by atoms with Crippen LogP contribution in [0.4, 0.5) is 10.2 Å². The Bertz CT molecular complexity index is 1390. The van der Waals surface area contributed by atoms with Crippen LogP contribution in [-0.2, 0) is 0 Å². The summed E-state index contributed by atoms with van der Waals surface area (Å²) in [5, 5.41) is 7.65. The molecule has 29 heavy (non-hydrogen) atoms. The predicted molar refractivity (Wildman–Crippen MR) is 109 cm³/mol. The molecule has 0 fully saturated rings. The first kappa shape index (κ1) is 17.4. The quantitative estimate of drug-likeness (QED) is 0.489. The molecule has 0 atom stereocenters. The van der Waals surface area contributed by atoms with Crippen molar-refractivity contribution in [3.63, 3.8) is 0 Å². The van der Waals surface area contributed by atoms with Crippen molar-refractivity contribution in [3.05, 3.63) is 71.9 Å². The van der Waals surface area contributed by atoms with Crippen molar-refractivity contribution in [1.82, 2.24) is 24.7 Å². The number of carbonyl (C=O) groups is 1. The summed E-state index contributed by atoms with van der Waals surface area (Å²) in [6, 6.07) is 13.8. The number of rotatable bonds is 3. The van der Waals surface area contributed by atoms with Gasteiger partial charge in [0.05, 0.1) is 27.6 Å². The monoisotopic (exact) mass is 404 g/mol. The second-order valence-electron chi connectivity index (χ2n) is 6.36. The van der Waals surface area contributed by atoms with Crippen LogP contribution in [0.5, 0.6) is 0 Å². The zero-order valence-electron chi connectivity index (χ0n) is 15.1. The Balaban J connectivity index is 1.51. The molecule has 3 heterocycles. The number of hydrogen-bond acceptors (Lipinski definition) is 6. The van der Waals surface area contributed by atoms with Crippen LogP contribution in [0.1, 0.15) is 16.2 Å². The van der Waals surface area contributed by atoms with Crippen LogP contribution in [0.3, 0.4) is 0 Å². The summed E-state index contributed by atoms with van der Waals surface area (Å²) in [6.45, 7) is 1.80. The van der Waals surface area contributed by atoms with Crippen molar-refractivity contribution in [2.24, 2.45) is 0 Å². The van der Waals surface area contributed by atoms with Crippen LogP contribution in [0, 0.1) is 12.7 Å². The van der Waals surface area contributed by atoms with E-state index in [1.807, 2.05) is 18.2 Å². The lowest BCUT2D eigenvalue weighted by atomic mass is 10.3. The average Bonchev–Trinajstić information content (AvgIpc) is 3.31. The molecule has 5 aromatic rings. The van der Waals surface area contributed by atoms with E-state index >= 15 is 0 Å². The van der Waals surface area contributed by atoms with Crippen molar-refractivity contribution in [2.45, 2.75) is 6.92 Å². The fourth-order valence-electron chi connectivity index (χ4n) is 2.98. The van der Waals surface area contributed by atoms with Gasteiger partial charge in [0.25, 0.3) is 5.91 Å². The average molecular weight is 404 g/mol. The third kappa shape index (κ3) is 3.11. The standard InChI is InChI=1S/C20H13FN6OS/c1-11-9-17(24-19(28)15-10-22-13-6-2-3-7-14(13)23-15)27(26-11)20-25-18-12(21)5-4-8-16(18)29-20/h2-10H,1H3,(H,24,28). The van der Waals surface area contributed by atoms with Gasteiger partial charge in [-0.05, 0) is 31.2 Å². The smallest absolute Gasteiger partial charge is 0.277 e. The van der Waals surface area contributed by atoms with Crippen LogP contribution >= 0.6 is 11.3 Å². The molecule has 0 aliphatic heterocycles. The molecule has 0 radical (unpaired) electrons. The van der Waals surface area contributed by atoms with Gasteiger partial charge >= 0.3 is 0 Å². The van der Waals surface area contributed by atoms with E-state index in [0.29, 0.717) is 32.4 Å². The molecule has 1 amide bonds. The molecule has 9 heteroatoms. The summed E-state index contributed by atoms with van der Waals surface area (Å²) >= 11 is 1.29. The zero-order valence-corrected chi connectivity index (χ0v) is 15.9. The molecule has 0 bridgehead atoms. The molecule has 1 N–H and O–H groups in total. The van der Waals surface area contributed by atoms with Crippen molar-refractivity contribution in [1.29, 1.82) is 0 Å². The Morgan fingerprint density at radius 3 is 2.76 bits per heavy atom. The Morgan fingerprint density at radius 2 is 1.93 bits per heavy atom. The fourth-order valence-corrected chi connectivity index (χ4v) is 3.92. The number of benzene rings is 2. The van der Waals surface area contributed by atoms with E-state index in [2.05, 4.69) is 25.4 Å². The van der Waals surface area contributed by atoms with Crippen LogP contribution in [0.25, 0.3) is 26.4 Å². The molecular weight excluding hydrogens is 391 g/mol. The first-order chi connectivity index (χ1) is 14.1. The molecule has 0 aliphatic rings. The Hall–Kier alpha value is -3.72. The molecule has 0 aliphatic carbocycles. The van der Waals surface area contributed by atoms with Gasteiger partial charge in [-0.1, -0.05) is 29.5 Å². The number of aryl methyl sites for hydroxylation is 1. The highest BCUT2D eigenvalue weighted by molar-refractivity contribution is 7.20. The van der Waals surface area contributed by atoms with Crippen LogP contribution in [0.2, 0.25) is 0 Å². The summed E-state index contributed by atoms with van der Waals surface area (Å²) < 4.78 is 16.2. The number of carbonyl (C=O) groups excluding carboxylic acids is 1. The molecule has 7 nitrogen and oxygen atoms in total. The summed E-state index contributed by atoms with van der Waals surface area (Å²) in [7, 11) is 0. The van der Waals surface area contributed by atoms with E-state index in [9.17, 15) is 9.18 Å². The van der Waals surface area contributed by atoms with Crippen molar-refractivity contribution in [3.8, 4) is 5.13 Å². The maximum Gasteiger partial charge on any atom is 0.277 e. The number of halogens is 1. The molecule has 0 unspecified atom stereocenters. The Morgan fingerprint density at radius 1 is 1.10 bits per heavy atom. The number of anilines is 1. The van der Waals surface area contributed by atoms with Crippen molar-refractivity contribution < 1.29 is 9.18 Å². The van der Waals surface area contributed by atoms with Crippen molar-refractivity contribution >= 4 is 44.3 Å². The third-order valence-electron chi connectivity index (χ3n) is 4.29. The third-order valence-corrected chi connectivity index (χ3v) is 5.29. The Kier molecular flexibility index (Phi) is 4.02. The highest BCUT2D eigenvalue weighted by Crippen LogP contribution is 2.28. The van der Waals surface area contributed by atoms with Gasteiger partial charge in [-0.3, -0.25) is 9.78 Å². The predicted octanol–water partition coefficient (Wildman–Crippen LogP) is 4.13. The van der Waals surface area contributed by atoms with Gasteiger partial charge in [0, 0.05) is 6.07 Å². The number of nitrogens with one attached hydrogen (secondary N) is 1. The molecule has 0 saturated heterocycles. The number of para-hydroxylation sites is 3. The van der Waals surface area contributed by atoms with Crippen LogP contribution < -0.4 is 5.32 Å². The highest BCUT2D eigenvalue weighted by atomic mass is 32.1. The summed E-state index contributed by atoms with van der Waals surface area (Å²) in [4.78, 5) is 25.7. The SMILES string of the molecule is Cc1cc(NC(=O)c2cnc3ccccc3n2)n(-c2nc3c(F)cccc3s2)n1. The van der Waals surface area contributed by atoms with Crippen molar-refractivity contribution in [2.75, 3.05) is 5.32 Å². The van der Waals surface area contributed by atoms with Gasteiger partial charge in [0.2, 0.25) is 5.13 Å². The van der Waals surface area contributed by atoms with Gasteiger partial charge < -0.3 is 5.32 Å². The normalized spacial score (nSPS) is 11.2. The first-order valence-electron chi connectivity index (χ1n) is 8.74. The second-order valence-corrected chi connectivity index (χ2v) is 7.37. The molecular formula is C20H13FN6OS. The van der Waals surface area contributed by atoms with Gasteiger partial charge in [0.1, 0.15) is 22.8 Å². The Labute approximate surface area is 167 Å². The molecule has 5 rings (SSSR count). The van der Waals surface area contributed by atoms with E-state index < -0.39 is 11.7 Å². The van der Waals surface area contributed by atoms with Gasteiger partial charge in [-0.2, -0.15) is 9.78 Å². The summed E-state index contributed by atoms with van der Waals surface area (Å²) in [6.07, 6.45) is 1.43. The minimum atomic E-state index is -0.420. The minimum absolute atomic E-state index is 0.185.